The Balaban J connectivity index is 1.57. The van der Waals surface area contributed by atoms with E-state index in [9.17, 15) is 9.90 Å². The van der Waals surface area contributed by atoms with Gasteiger partial charge < -0.3 is 9.52 Å². The van der Waals surface area contributed by atoms with Crippen LogP contribution in [-0.4, -0.2) is 16.0 Å². The van der Waals surface area contributed by atoms with Gasteiger partial charge in [0.1, 0.15) is 11.4 Å². The summed E-state index contributed by atoms with van der Waals surface area (Å²) in [7, 11) is 0. The minimum Gasteiger partial charge on any atom is -0.506 e. The van der Waals surface area contributed by atoms with E-state index in [0.717, 1.165) is 10.4 Å². The van der Waals surface area contributed by atoms with Gasteiger partial charge in [-0.1, -0.05) is 60.1 Å². The van der Waals surface area contributed by atoms with Crippen LogP contribution >= 0.6 is 22.9 Å². The number of nitrogens with one attached hydrogen (secondary N) is 1. The summed E-state index contributed by atoms with van der Waals surface area (Å²) >= 11 is 7.48. The number of thiophene rings is 1. The third kappa shape index (κ3) is 4.26. The van der Waals surface area contributed by atoms with Gasteiger partial charge in [-0.15, -0.1) is 11.3 Å². The second-order valence-electron chi connectivity index (χ2n) is 7.20. The molecule has 3 aromatic carbocycles. The molecule has 0 aliphatic heterocycles. The Hall–Kier alpha value is -3.87. The average molecular weight is 473 g/mol. The molecule has 5 rings (SSSR count). The molecule has 0 radical (unpaired) electrons. The molecule has 0 unspecified atom stereocenters. The topological polar surface area (TPSA) is 75.4 Å². The van der Waals surface area contributed by atoms with E-state index in [4.69, 9.17) is 16.0 Å². The van der Waals surface area contributed by atoms with Crippen molar-refractivity contribution < 1.29 is 14.3 Å². The molecule has 0 atom stereocenters. The molecule has 5 nitrogen and oxygen atoms in total. The number of aromatic nitrogens is 1. The van der Waals surface area contributed by atoms with Crippen LogP contribution in [0.2, 0.25) is 5.02 Å². The molecule has 33 heavy (non-hydrogen) atoms. The van der Waals surface area contributed by atoms with Gasteiger partial charge in [-0.25, -0.2) is 4.98 Å². The first-order valence-electron chi connectivity index (χ1n) is 10.1. The molecule has 2 aromatic heterocycles. The van der Waals surface area contributed by atoms with Crippen LogP contribution < -0.4 is 5.32 Å². The maximum Gasteiger partial charge on any atom is 0.258 e. The molecule has 2 heterocycles. The highest BCUT2D eigenvalue weighted by atomic mass is 35.5. The van der Waals surface area contributed by atoms with Crippen molar-refractivity contribution in [2.24, 2.45) is 0 Å². The predicted octanol–water partition coefficient (Wildman–Crippen LogP) is 7.35. The van der Waals surface area contributed by atoms with E-state index >= 15 is 0 Å². The van der Waals surface area contributed by atoms with Gasteiger partial charge in [0.15, 0.2) is 0 Å². The number of carbonyl (C=O) groups is 1. The molecule has 0 fully saturated rings. The van der Waals surface area contributed by atoms with E-state index in [1.807, 2.05) is 47.8 Å². The molecule has 162 valence electrons. The van der Waals surface area contributed by atoms with E-state index in [0.29, 0.717) is 27.4 Å². The maximum atomic E-state index is 12.8. The molecule has 0 aliphatic carbocycles. The summed E-state index contributed by atoms with van der Waals surface area (Å²) in [4.78, 5) is 18.2. The number of benzene rings is 3. The monoisotopic (exact) mass is 472 g/mol. The van der Waals surface area contributed by atoms with Gasteiger partial charge in [-0.05, 0) is 47.3 Å². The zero-order chi connectivity index (χ0) is 22.8. The molecule has 0 saturated heterocycles. The van der Waals surface area contributed by atoms with E-state index in [1.165, 1.54) is 11.3 Å². The normalized spacial score (nSPS) is 10.8. The SMILES string of the molecule is O=C(Nc1oc(-c2cccc(-c3ccc(Cl)cc3)c2O)nc1-c1cccs1)c1ccccc1. The van der Waals surface area contributed by atoms with Crippen molar-refractivity contribution in [1.29, 1.82) is 0 Å². The standard InChI is InChI=1S/C26H17ClN2O3S/c27-18-13-11-16(12-14-18)19-8-4-9-20(23(19)30)25-28-22(21-10-5-15-33-21)26(32-25)29-24(31)17-6-2-1-3-7-17/h1-15,30H,(H,29,31). The summed E-state index contributed by atoms with van der Waals surface area (Å²) in [5, 5.41) is 16.4. The van der Waals surface area contributed by atoms with Crippen molar-refractivity contribution in [3.8, 4) is 38.9 Å². The fourth-order valence-corrected chi connectivity index (χ4v) is 4.28. The van der Waals surface area contributed by atoms with Crippen LogP contribution in [-0.2, 0) is 0 Å². The molecular formula is C26H17ClN2O3S. The van der Waals surface area contributed by atoms with E-state index < -0.39 is 0 Å². The predicted molar refractivity (Wildman–Crippen MR) is 132 cm³/mol. The molecular weight excluding hydrogens is 456 g/mol. The Morgan fingerprint density at radius 2 is 1.67 bits per heavy atom. The molecule has 7 heteroatoms. The van der Waals surface area contributed by atoms with Crippen molar-refractivity contribution in [2.75, 3.05) is 5.32 Å². The number of hydrogen-bond donors (Lipinski definition) is 2. The number of phenolic OH excluding ortho intramolecular Hbond substituents is 1. The van der Waals surface area contributed by atoms with Crippen molar-refractivity contribution in [1.82, 2.24) is 4.98 Å². The van der Waals surface area contributed by atoms with Crippen LogP contribution in [0.4, 0.5) is 5.88 Å². The second-order valence-corrected chi connectivity index (χ2v) is 8.59. The zero-order valence-corrected chi connectivity index (χ0v) is 18.7. The highest BCUT2D eigenvalue weighted by Gasteiger charge is 2.22. The summed E-state index contributed by atoms with van der Waals surface area (Å²) < 4.78 is 5.99. The Kier molecular flexibility index (Phi) is 5.69. The highest BCUT2D eigenvalue weighted by molar-refractivity contribution is 7.13. The fraction of sp³-hybridized carbons (Fsp3) is 0. The van der Waals surface area contributed by atoms with Gasteiger partial charge in [-0.3, -0.25) is 10.1 Å². The van der Waals surface area contributed by atoms with Crippen LogP contribution in [0.25, 0.3) is 33.2 Å². The number of para-hydroxylation sites is 1. The third-order valence-electron chi connectivity index (χ3n) is 5.07. The lowest BCUT2D eigenvalue weighted by Crippen LogP contribution is -2.11. The first-order chi connectivity index (χ1) is 16.1. The molecule has 0 spiro atoms. The largest absolute Gasteiger partial charge is 0.506 e. The number of anilines is 1. The summed E-state index contributed by atoms with van der Waals surface area (Å²) in [6, 6.07) is 25.2. The fourth-order valence-electron chi connectivity index (χ4n) is 3.44. The van der Waals surface area contributed by atoms with Gasteiger partial charge in [0.05, 0.1) is 10.4 Å². The minimum atomic E-state index is -0.310. The maximum absolute atomic E-state index is 12.8. The van der Waals surface area contributed by atoms with Crippen LogP contribution in [0.1, 0.15) is 10.4 Å². The number of aromatic hydroxyl groups is 1. The summed E-state index contributed by atoms with van der Waals surface area (Å²) in [5.74, 6) is 0.141. The summed E-state index contributed by atoms with van der Waals surface area (Å²) in [6.07, 6.45) is 0. The second kappa shape index (κ2) is 8.94. The van der Waals surface area contributed by atoms with E-state index in [1.54, 1.807) is 42.5 Å². The lowest BCUT2D eigenvalue weighted by atomic mass is 10.0. The van der Waals surface area contributed by atoms with Gasteiger partial charge in [0, 0.05) is 16.1 Å². The van der Waals surface area contributed by atoms with E-state index in [-0.39, 0.29) is 23.4 Å². The Morgan fingerprint density at radius 3 is 2.39 bits per heavy atom. The van der Waals surface area contributed by atoms with Crippen molar-refractivity contribution >= 4 is 34.7 Å². The number of carbonyl (C=O) groups excluding carboxylic acids is 1. The van der Waals surface area contributed by atoms with Gasteiger partial charge in [0.25, 0.3) is 5.91 Å². The first-order valence-corrected chi connectivity index (χ1v) is 11.4. The van der Waals surface area contributed by atoms with Crippen LogP contribution in [0.15, 0.2) is 94.7 Å². The number of oxazole rings is 1. The van der Waals surface area contributed by atoms with Crippen LogP contribution in [0.5, 0.6) is 5.75 Å². The zero-order valence-electron chi connectivity index (χ0n) is 17.2. The Bertz CT molecular complexity index is 1410. The molecule has 1 amide bonds. The number of rotatable bonds is 5. The Labute approximate surface area is 198 Å². The van der Waals surface area contributed by atoms with Gasteiger partial charge in [0.2, 0.25) is 11.8 Å². The number of halogens is 1. The molecule has 2 N–H and O–H groups in total. The van der Waals surface area contributed by atoms with Gasteiger partial charge in [-0.2, -0.15) is 0 Å². The number of nitrogens with zero attached hydrogens (tertiary/aromatic N) is 1. The van der Waals surface area contributed by atoms with Crippen LogP contribution in [0, 0.1) is 0 Å². The van der Waals surface area contributed by atoms with Crippen molar-refractivity contribution in [3.05, 3.63) is 101 Å². The van der Waals surface area contributed by atoms with Crippen molar-refractivity contribution in [2.45, 2.75) is 0 Å². The third-order valence-corrected chi connectivity index (χ3v) is 6.19. The number of phenols is 1. The summed E-state index contributed by atoms with van der Waals surface area (Å²) in [6.45, 7) is 0. The molecule has 0 bridgehead atoms. The number of hydrogen-bond acceptors (Lipinski definition) is 5. The molecule has 0 aliphatic rings. The minimum absolute atomic E-state index is 0.0275. The van der Waals surface area contributed by atoms with E-state index in [2.05, 4.69) is 10.3 Å². The first kappa shape index (κ1) is 21.0. The van der Waals surface area contributed by atoms with Crippen LogP contribution in [0.3, 0.4) is 0 Å². The lowest BCUT2D eigenvalue weighted by molar-refractivity contribution is 0.102. The van der Waals surface area contributed by atoms with Gasteiger partial charge >= 0.3 is 0 Å². The summed E-state index contributed by atoms with van der Waals surface area (Å²) in [5.41, 5.74) is 2.84. The smallest absolute Gasteiger partial charge is 0.258 e. The highest BCUT2D eigenvalue weighted by Crippen LogP contribution is 2.41. The molecule has 0 saturated carbocycles. The average Bonchev–Trinajstić information content (AvgIpc) is 3.51. The Morgan fingerprint density at radius 1 is 0.909 bits per heavy atom. The quantitative estimate of drug-likeness (QED) is 0.280. The lowest BCUT2D eigenvalue weighted by Gasteiger charge is -2.08. The molecule has 5 aromatic rings. The number of amides is 1. The van der Waals surface area contributed by atoms with Crippen molar-refractivity contribution in [3.63, 3.8) is 0 Å².